The van der Waals surface area contributed by atoms with Crippen LogP contribution >= 0.6 is 22.7 Å². The lowest BCUT2D eigenvalue weighted by molar-refractivity contribution is 0.0766. The van der Waals surface area contributed by atoms with Gasteiger partial charge in [-0.1, -0.05) is 6.07 Å². The molecule has 0 aromatic carbocycles. The maximum absolute atomic E-state index is 12.5. The van der Waals surface area contributed by atoms with Gasteiger partial charge in [-0.05, 0) is 25.3 Å². The molecule has 104 valence electrons. The summed E-state index contributed by atoms with van der Waals surface area (Å²) in [6, 6.07) is 4.05. The second-order valence-corrected chi connectivity index (χ2v) is 6.14. The number of fused-ring (bicyclic) bond motifs is 1. The molecule has 0 N–H and O–H groups in total. The normalized spacial score (nSPS) is 11.1. The van der Waals surface area contributed by atoms with Crippen molar-refractivity contribution in [1.29, 1.82) is 0 Å². The Morgan fingerprint density at radius 1 is 1.35 bits per heavy atom. The highest BCUT2D eigenvalue weighted by atomic mass is 32.1. The van der Waals surface area contributed by atoms with E-state index in [-0.39, 0.29) is 5.91 Å². The molecular weight excluding hydrogens is 290 g/mol. The van der Waals surface area contributed by atoms with Crippen LogP contribution in [0.1, 0.15) is 24.3 Å². The molecule has 3 aromatic rings. The number of amides is 1. The van der Waals surface area contributed by atoms with Crippen LogP contribution in [0.4, 0.5) is 0 Å². The van der Waals surface area contributed by atoms with Gasteiger partial charge in [-0.3, -0.25) is 9.20 Å². The minimum Gasteiger partial charge on any atom is -0.338 e. The van der Waals surface area contributed by atoms with Gasteiger partial charge in [0.15, 0.2) is 4.96 Å². The molecule has 0 spiro atoms. The van der Waals surface area contributed by atoms with Gasteiger partial charge in [0, 0.05) is 24.7 Å². The van der Waals surface area contributed by atoms with Crippen molar-refractivity contribution in [2.75, 3.05) is 13.1 Å². The van der Waals surface area contributed by atoms with Crippen LogP contribution in [-0.4, -0.2) is 33.3 Å². The van der Waals surface area contributed by atoms with Crippen molar-refractivity contribution in [3.05, 3.63) is 34.8 Å². The molecule has 20 heavy (non-hydrogen) atoms. The van der Waals surface area contributed by atoms with Gasteiger partial charge in [-0.25, -0.2) is 4.98 Å². The maximum atomic E-state index is 12.5. The fraction of sp³-hybridized carbons (Fsp3) is 0.286. The number of thiophene rings is 1. The van der Waals surface area contributed by atoms with Gasteiger partial charge in [0.25, 0.3) is 5.91 Å². The van der Waals surface area contributed by atoms with Crippen molar-refractivity contribution >= 4 is 33.5 Å². The summed E-state index contributed by atoms with van der Waals surface area (Å²) in [6.45, 7) is 5.43. The van der Waals surface area contributed by atoms with Crippen molar-refractivity contribution in [3.63, 3.8) is 0 Å². The van der Waals surface area contributed by atoms with E-state index < -0.39 is 0 Å². The highest BCUT2D eigenvalue weighted by Crippen LogP contribution is 2.27. The van der Waals surface area contributed by atoms with Gasteiger partial charge in [-0.2, -0.15) is 0 Å². The Bertz CT molecular complexity index is 723. The zero-order valence-corrected chi connectivity index (χ0v) is 13.0. The number of carbonyl (C=O) groups is 1. The van der Waals surface area contributed by atoms with Crippen LogP contribution in [-0.2, 0) is 0 Å². The zero-order chi connectivity index (χ0) is 14.1. The van der Waals surface area contributed by atoms with Crippen LogP contribution in [0.15, 0.2) is 29.1 Å². The van der Waals surface area contributed by atoms with Crippen LogP contribution in [0.25, 0.3) is 15.5 Å². The Kier molecular flexibility index (Phi) is 3.58. The third-order valence-electron chi connectivity index (χ3n) is 3.25. The van der Waals surface area contributed by atoms with Gasteiger partial charge in [0.05, 0.1) is 4.88 Å². The fourth-order valence-corrected chi connectivity index (χ4v) is 3.68. The predicted octanol–water partition coefficient (Wildman–Crippen LogP) is 3.61. The molecule has 1 amide bonds. The highest BCUT2D eigenvalue weighted by molar-refractivity contribution is 7.15. The van der Waals surface area contributed by atoms with E-state index in [2.05, 4.69) is 4.98 Å². The van der Waals surface area contributed by atoms with Crippen LogP contribution in [0.5, 0.6) is 0 Å². The molecule has 0 saturated carbocycles. The lowest BCUT2D eigenvalue weighted by Gasteiger charge is -2.17. The molecule has 0 radical (unpaired) electrons. The third-order valence-corrected chi connectivity index (χ3v) is 4.98. The van der Waals surface area contributed by atoms with E-state index in [0.717, 1.165) is 28.6 Å². The van der Waals surface area contributed by atoms with Crippen molar-refractivity contribution in [2.24, 2.45) is 0 Å². The predicted molar refractivity (Wildman–Crippen MR) is 83.6 cm³/mol. The Morgan fingerprint density at radius 2 is 2.15 bits per heavy atom. The highest BCUT2D eigenvalue weighted by Gasteiger charge is 2.19. The number of imidazole rings is 1. The molecule has 3 aromatic heterocycles. The van der Waals surface area contributed by atoms with Gasteiger partial charge in [0.1, 0.15) is 11.4 Å². The Morgan fingerprint density at radius 3 is 2.80 bits per heavy atom. The Hall–Kier alpha value is -1.66. The average molecular weight is 305 g/mol. The summed E-state index contributed by atoms with van der Waals surface area (Å²) in [5, 5.41) is 3.92. The lowest BCUT2D eigenvalue weighted by Crippen LogP contribution is -2.31. The number of aromatic nitrogens is 2. The number of rotatable bonds is 4. The molecule has 4 nitrogen and oxygen atoms in total. The minimum atomic E-state index is 0.0661. The van der Waals surface area contributed by atoms with Gasteiger partial charge in [-0.15, -0.1) is 22.7 Å². The first-order valence-electron chi connectivity index (χ1n) is 6.54. The second-order valence-electron chi connectivity index (χ2n) is 4.35. The number of carbonyl (C=O) groups excluding carboxylic acids is 1. The van der Waals surface area contributed by atoms with E-state index in [1.807, 2.05) is 52.2 Å². The smallest absolute Gasteiger partial charge is 0.271 e. The quantitative estimate of drug-likeness (QED) is 0.738. The van der Waals surface area contributed by atoms with Gasteiger partial charge < -0.3 is 4.90 Å². The molecule has 0 aliphatic rings. The van der Waals surface area contributed by atoms with Crippen LogP contribution in [0.3, 0.4) is 0 Å². The largest absolute Gasteiger partial charge is 0.338 e. The molecule has 6 heteroatoms. The Labute approximate surface area is 125 Å². The first kappa shape index (κ1) is 13.3. The minimum absolute atomic E-state index is 0.0661. The second kappa shape index (κ2) is 5.38. The molecule has 0 atom stereocenters. The summed E-state index contributed by atoms with van der Waals surface area (Å²) < 4.78 is 1.90. The summed E-state index contributed by atoms with van der Waals surface area (Å²) in [7, 11) is 0. The van der Waals surface area contributed by atoms with E-state index in [9.17, 15) is 4.79 Å². The number of hydrogen-bond donors (Lipinski definition) is 0. The first-order valence-corrected chi connectivity index (χ1v) is 8.30. The van der Waals surface area contributed by atoms with E-state index in [1.54, 1.807) is 11.3 Å². The lowest BCUT2D eigenvalue weighted by atomic mass is 10.3. The third kappa shape index (κ3) is 2.14. The van der Waals surface area contributed by atoms with Crippen LogP contribution in [0, 0.1) is 0 Å². The Balaban J connectivity index is 2.03. The van der Waals surface area contributed by atoms with Crippen molar-refractivity contribution in [3.8, 4) is 10.6 Å². The standard InChI is InChI=1S/C14H15N3OS2/c1-3-16(4-2)13(18)11-9-20-14-15-10(8-17(11)14)12-6-5-7-19-12/h5-9H,3-4H2,1-2H3. The van der Waals surface area contributed by atoms with Crippen LogP contribution < -0.4 is 0 Å². The monoisotopic (exact) mass is 305 g/mol. The molecule has 0 bridgehead atoms. The summed E-state index contributed by atoms with van der Waals surface area (Å²) >= 11 is 3.17. The van der Waals surface area contributed by atoms with Gasteiger partial charge >= 0.3 is 0 Å². The summed E-state index contributed by atoms with van der Waals surface area (Å²) in [5.74, 6) is 0.0661. The molecule has 3 rings (SSSR count). The van der Waals surface area contributed by atoms with E-state index in [4.69, 9.17) is 0 Å². The summed E-state index contributed by atoms with van der Waals surface area (Å²) in [4.78, 5) is 20.9. The maximum Gasteiger partial charge on any atom is 0.271 e. The van der Waals surface area contributed by atoms with E-state index in [0.29, 0.717) is 5.69 Å². The molecule has 0 aliphatic carbocycles. The topological polar surface area (TPSA) is 37.6 Å². The van der Waals surface area contributed by atoms with Crippen molar-refractivity contribution in [1.82, 2.24) is 14.3 Å². The molecule has 0 aliphatic heterocycles. The number of hydrogen-bond acceptors (Lipinski definition) is 4. The zero-order valence-electron chi connectivity index (χ0n) is 11.4. The molecule has 0 unspecified atom stereocenters. The van der Waals surface area contributed by atoms with E-state index in [1.165, 1.54) is 11.3 Å². The number of nitrogens with zero attached hydrogens (tertiary/aromatic N) is 3. The fourth-order valence-electron chi connectivity index (χ4n) is 2.15. The first-order chi connectivity index (χ1) is 9.74. The average Bonchev–Trinajstić information content (AvgIpc) is 3.15. The summed E-state index contributed by atoms with van der Waals surface area (Å²) in [6.07, 6.45) is 1.95. The molecule has 3 heterocycles. The van der Waals surface area contributed by atoms with Crippen molar-refractivity contribution in [2.45, 2.75) is 13.8 Å². The molecule has 0 fully saturated rings. The van der Waals surface area contributed by atoms with Crippen molar-refractivity contribution < 1.29 is 4.79 Å². The van der Waals surface area contributed by atoms with Gasteiger partial charge in [0.2, 0.25) is 0 Å². The molecular formula is C14H15N3OS2. The van der Waals surface area contributed by atoms with E-state index >= 15 is 0 Å². The number of thiazole rings is 1. The summed E-state index contributed by atoms with van der Waals surface area (Å²) in [5.41, 5.74) is 1.63. The van der Waals surface area contributed by atoms with Crippen LogP contribution in [0.2, 0.25) is 0 Å². The SMILES string of the molecule is CCN(CC)C(=O)c1csc2nc(-c3cccs3)cn12. The molecule has 0 saturated heterocycles.